The minimum atomic E-state index is -0.315. The maximum Gasteiger partial charge on any atom is 0.234 e. The van der Waals surface area contributed by atoms with Crippen molar-refractivity contribution in [3.63, 3.8) is 0 Å². The summed E-state index contributed by atoms with van der Waals surface area (Å²) in [6.45, 7) is 3.92. The number of carbonyl (C=O) groups is 1. The van der Waals surface area contributed by atoms with Crippen LogP contribution in [-0.4, -0.2) is 26.4 Å². The molecule has 0 atom stereocenters. The molecule has 0 aliphatic rings. The number of aromatic nitrogens is 3. The SMILES string of the molecule is Cc1cc(Br)cc(C)c1NC(=O)CSc1nnc(Cc2ccccc2)n1-c1ccc(F)cc1. The minimum absolute atomic E-state index is 0.133. The van der Waals surface area contributed by atoms with Crippen LogP contribution >= 0.6 is 27.7 Å². The van der Waals surface area contributed by atoms with E-state index in [0.29, 0.717) is 11.6 Å². The van der Waals surface area contributed by atoms with Crippen LogP contribution in [0.25, 0.3) is 5.69 Å². The molecule has 0 radical (unpaired) electrons. The largest absolute Gasteiger partial charge is 0.325 e. The Morgan fingerprint density at radius 2 is 1.70 bits per heavy atom. The summed E-state index contributed by atoms with van der Waals surface area (Å²) < 4.78 is 16.4. The maximum absolute atomic E-state index is 13.5. The Morgan fingerprint density at radius 3 is 2.36 bits per heavy atom. The molecule has 0 saturated heterocycles. The summed E-state index contributed by atoms with van der Waals surface area (Å²) in [5, 5.41) is 12.3. The molecule has 33 heavy (non-hydrogen) atoms. The highest BCUT2D eigenvalue weighted by molar-refractivity contribution is 9.10. The molecule has 1 amide bonds. The zero-order valence-electron chi connectivity index (χ0n) is 18.2. The van der Waals surface area contributed by atoms with Gasteiger partial charge >= 0.3 is 0 Å². The van der Waals surface area contributed by atoms with Crippen molar-refractivity contribution in [2.75, 3.05) is 11.1 Å². The lowest BCUT2D eigenvalue weighted by Gasteiger charge is -2.13. The van der Waals surface area contributed by atoms with Crippen LogP contribution in [0, 0.1) is 19.7 Å². The van der Waals surface area contributed by atoms with Crippen molar-refractivity contribution >= 4 is 39.3 Å². The fourth-order valence-corrected chi connectivity index (χ4v) is 5.01. The monoisotopic (exact) mass is 524 g/mol. The van der Waals surface area contributed by atoms with E-state index in [4.69, 9.17) is 0 Å². The number of halogens is 2. The molecular weight excluding hydrogens is 503 g/mol. The van der Waals surface area contributed by atoms with E-state index in [1.54, 1.807) is 12.1 Å². The molecule has 4 aromatic rings. The third kappa shape index (κ3) is 5.69. The molecule has 0 aliphatic carbocycles. The van der Waals surface area contributed by atoms with Gasteiger partial charge in [0.05, 0.1) is 5.75 Å². The number of anilines is 1. The number of aryl methyl sites for hydroxylation is 2. The smallest absolute Gasteiger partial charge is 0.234 e. The summed E-state index contributed by atoms with van der Waals surface area (Å²) in [6.07, 6.45) is 0.565. The molecule has 1 N–H and O–H groups in total. The molecule has 4 rings (SSSR count). The van der Waals surface area contributed by atoms with Crippen molar-refractivity contribution < 1.29 is 9.18 Å². The van der Waals surface area contributed by atoms with Gasteiger partial charge in [0, 0.05) is 22.3 Å². The topological polar surface area (TPSA) is 59.8 Å². The van der Waals surface area contributed by atoms with Crippen LogP contribution in [0.4, 0.5) is 10.1 Å². The van der Waals surface area contributed by atoms with Gasteiger partial charge < -0.3 is 5.32 Å². The second-order valence-electron chi connectivity index (χ2n) is 7.62. The van der Waals surface area contributed by atoms with Gasteiger partial charge in [0.1, 0.15) is 11.6 Å². The van der Waals surface area contributed by atoms with Gasteiger partial charge in [-0.2, -0.15) is 0 Å². The molecular formula is C25H22BrFN4OS. The van der Waals surface area contributed by atoms with Crippen molar-refractivity contribution in [2.45, 2.75) is 25.4 Å². The number of nitrogens with one attached hydrogen (secondary N) is 1. The van der Waals surface area contributed by atoms with E-state index >= 15 is 0 Å². The van der Waals surface area contributed by atoms with Crippen LogP contribution in [0.2, 0.25) is 0 Å². The number of thioether (sulfide) groups is 1. The Labute approximate surface area is 204 Å². The predicted molar refractivity (Wildman–Crippen MR) is 134 cm³/mol. The first-order valence-electron chi connectivity index (χ1n) is 10.3. The third-order valence-corrected chi connectivity index (χ3v) is 6.47. The second kappa shape index (κ2) is 10.3. The summed E-state index contributed by atoms with van der Waals surface area (Å²) in [4.78, 5) is 12.7. The average Bonchev–Trinajstić information content (AvgIpc) is 3.18. The molecule has 0 aliphatic heterocycles. The quantitative estimate of drug-likeness (QED) is 0.296. The first kappa shape index (κ1) is 23.2. The van der Waals surface area contributed by atoms with E-state index in [1.807, 2.05) is 60.9 Å². The van der Waals surface area contributed by atoms with Gasteiger partial charge in [-0.1, -0.05) is 58.0 Å². The average molecular weight is 525 g/mol. The minimum Gasteiger partial charge on any atom is -0.325 e. The summed E-state index contributed by atoms with van der Waals surface area (Å²) >= 11 is 4.77. The second-order valence-corrected chi connectivity index (χ2v) is 9.48. The van der Waals surface area contributed by atoms with E-state index in [9.17, 15) is 9.18 Å². The number of carbonyl (C=O) groups excluding carboxylic acids is 1. The molecule has 0 spiro atoms. The Bertz CT molecular complexity index is 1250. The van der Waals surface area contributed by atoms with Gasteiger partial charge in [0.2, 0.25) is 5.91 Å². The number of rotatable bonds is 7. The summed E-state index contributed by atoms with van der Waals surface area (Å²) in [5.41, 5.74) is 4.62. The van der Waals surface area contributed by atoms with Crippen LogP contribution in [-0.2, 0) is 11.2 Å². The predicted octanol–water partition coefficient (Wildman–Crippen LogP) is 6.11. The standard InChI is InChI=1S/C25H22BrFN4OS/c1-16-12-19(26)13-17(2)24(16)28-23(32)15-33-25-30-29-22(14-18-6-4-3-5-7-18)31(25)21-10-8-20(27)9-11-21/h3-13H,14-15H2,1-2H3,(H,28,32). The van der Waals surface area contributed by atoms with Crippen LogP contribution < -0.4 is 5.32 Å². The Hall–Kier alpha value is -2.97. The molecule has 8 heteroatoms. The molecule has 0 bridgehead atoms. The van der Waals surface area contributed by atoms with Crippen molar-refractivity contribution in [1.82, 2.24) is 14.8 Å². The number of amides is 1. The van der Waals surface area contributed by atoms with E-state index in [2.05, 4.69) is 31.4 Å². The zero-order valence-corrected chi connectivity index (χ0v) is 20.6. The normalized spacial score (nSPS) is 10.9. The highest BCUT2D eigenvalue weighted by Crippen LogP contribution is 2.27. The van der Waals surface area contributed by atoms with Crippen LogP contribution in [0.15, 0.2) is 76.4 Å². The lowest BCUT2D eigenvalue weighted by Crippen LogP contribution is -2.16. The third-order valence-electron chi connectivity index (χ3n) is 5.08. The lowest BCUT2D eigenvalue weighted by molar-refractivity contribution is -0.113. The first-order chi connectivity index (χ1) is 15.9. The first-order valence-corrected chi connectivity index (χ1v) is 12.1. The van der Waals surface area contributed by atoms with Crippen LogP contribution in [0.3, 0.4) is 0 Å². The molecule has 0 unspecified atom stereocenters. The fraction of sp³-hybridized carbons (Fsp3) is 0.160. The summed E-state index contributed by atoms with van der Waals surface area (Å²) in [6, 6.07) is 20.1. The van der Waals surface area contributed by atoms with Gasteiger partial charge in [0.15, 0.2) is 5.16 Å². The molecule has 1 aromatic heterocycles. The van der Waals surface area contributed by atoms with E-state index in [-0.39, 0.29) is 17.5 Å². The molecule has 3 aromatic carbocycles. The maximum atomic E-state index is 13.5. The van der Waals surface area contributed by atoms with Crippen LogP contribution in [0.5, 0.6) is 0 Å². The molecule has 168 valence electrons. The summed E-state index contributed by atoms with van der Waals surface area (Å²) in [7, 11) is 0. The zero-order chi connectivity index (χ0) is 23.4. The van der Waals surface area contributed by atoms with Crippen molar-refractivity contribution in [2.24, 2.45) is 0 Å². The molecule has 1 heterocycles. The van der Waals surface area contributed by atoms with Crippen LogP contribution in [0.1, 0.15) is 22.5 Å². The highest BCUT2D eigenvalue weighted by Gasteiger charge is 2.17. The number of hydrogen-bond donors (Lipinski definition) is 1. The Kier molecular flexibility index (Phi) is 7.25. The molecule has 0 fully saturated rings. The van der Waals surface area contributed by atoms with Gasteiger partial charge in [-0.15, -0.1) is 10.2 Å². The number of benzene rings is 3. The Morgan fingerprint density at radius 1 is 1.03 bits per heavy atom. The van der Waals surface area contributed by atoms with Gasteiger partial charge in [-0.05, 0) is 66.9 Å². The van der Waals surface area contributed by atoms with Gasteiger partial charge in [-0.25, -0.2) is 4.39 Å². The van der Waals surface area contributed by atoms with E-state index in [1.165, 1.54) is 23.9 Å². The van der Waals surface area contributed by atoms with E-state index < -0.39 is 0 Å². The van der Waals surface area contributed by atoms with Gasteiger partial charge in [0.25, 0.3) is 0 Å². The van der Waals surface area contributed by atoms with Crippen molar-refractivity contribution in [3.8, 4) is 5.69 Å². The number of nitrogens with zero attached hydrogens (tertiary/aromatic N) is 3. The van der Waals surface area contributed by atoms with E-state index in [0.717, 1.165) is 38.4 Å². The molecule has 5 nitrogen and oxygen atoms in total. The Balaban J connectivity index is 1.56. The van der Waals surface area contributed by atoms with Crippen molar-refractivity contribution in [1.29, 1.82) is 0 Å². The fourth-order valence-electron chi connectivity index (χ4n) is 3.55. The highest BCUT2D eigenvalue weighted by atomic mass is 79.9. The van der Waals surface area contributed by atoms with Gasteiger partial charge in [-0.3, -0.25) is 9.36 Å². The number of hydrogen-bond acceptors (Lipinski definition) is 4. The lowest BCUT2D eigenvalue weighted by atomic mass is 10.1. The molecule has 0 saturated carbocycles. The summed E-state index contributed by atoms with van der Waals surface area (Å²) in [5.74, 6) is 0.437. The van der Waals surface area contributed by atoms with Crippen molar-refractivity contribution in [3.05, 3.63) is 99.5 Å².